The second-order valence-corrected chi connectivity index (χ2v) is 9.79. The normalized spacial score (nSPS) is 20.0. The lowest BCUT2D eigenvalue weighted by Crippen LogP contribution is -2.37. The Hall–Kier alpha value is -2.73. The van der Waals surface area contributed by atoms with Crippen molar-refractivity contribution in [3.05, 3.63) is 93.8 Å². The van der Waals surface area contributed by atoms with Gasteiger partial charge in [-0.05, 0) is 95.7 Å². The maximum atomic E-state index is 16.1. The first-order chi connectivity index (χ1) is 16.1. The van der Waals surface area contributed by atoms with Crippen LogP contribution in [0.25, 0.3) is 11.1 Å². The zero-order chi connectivity index (χ0) is 24.3. The first kappa shape index (κ1) is 23.0. The molecule has 0 aromatic heterocycles. The molecule has 3 aromatic carbocycles. The zero-order valence-corrected chi connectivity index (χ0v) is 18.7. The Morgan fingerprint density at radius 3 is 2.21 bits per heavy atom. The van der Waals surface area contributed by atoms with Gasteiger partial charge in [0.2, 0.25) is 0 Å². The smallest absolute Gasteiger partial charge is 0.388 e. The lowest BCUT2D eigenvalue weighted by Gasteiger charge is -2.48. The Kier molecular flexibility index (Phi) is 5.55. The van der Waals surface area contributed by atoms with E-state index in [0.29, 0.717) is 34.2 Å². The zero-order valence-electron chi connectivity index (χ0n) is 18.7. The molecule has 0 amide bonds. The third-order valence-corrected chi connectivity index (χ3v) is 7.56. The number of aryl methyl sites for hydroxylation is 1. The van der Waals surface area contributed by atoms with Crippen LogP contribution < -0.4 is 0 Å². The number of benzene rings is 3. The van der Waals surface area contributed by atoms with E-state index < -0.39 is 29.8 Å². The Balaban J connectivity index is 1.68. The van der Waals surface area contributed by atoms with Gasteiger partial charge >= 0.3 is 6.18 Å². The molecule has 0 heterocycles. The fourth-order valence-corrected chi connectivity index (χ4v) is 5.75. The molecule has 1 spiro atoms. The van der Waals surface area contributed by atoms with Crippen molar-refractivity contribution >= 4 is 0 Å². The predicted molar refractivity (Wildman–Crippen MR) is 121 cm³/mol. The minimum atomic E-state index is -4.51. The summed E-state index contributed by atoms with van der Waals surface area (Å²) in [5.41, 5.74) is 3.01. The summed E-state index contributed by atoms with van der Waals surface area (Å²) in [5.74, 6) is -0.430. The van der Waals surface area contributed by atoms with E-state index in [1.54, 1.807) is 19.1 Å². The van der Waals surface area contributed by atoms with E-state index in [0.717, 1.165) is 55.5 Å². The van der Waals surface area contributed by atoms with Gasteiger partial charge in [-0.25, -0.2) is 8.78 Å². The van der Waals surface area contributed by atoms with Crippen LogP contribution in [0.5, 0.6) is 0 Å². The lowest BCUT2D eigenvalue weighted by molar-refractivity contribution is -0.137. The monoisotopic (exact) mass is 472 g/mol. The highest BCUT2D eigenvalue weighted by Gasteiger charge is 2.44. The second-order valence-electron chi connectivity index (χ2n) is 9.79. The van der Waals surface area contributed by atoms with Crippen molar-refractivity contribution in [1.82, 2.24) is 0 Å². The average Bonchev–Trinajstić information content (AvgIpc) is 2.76. The van der Waals surface area contributed by atoms with Crippen molar-refractivity contribution in [3.8, 4) is 11.1 Å². The highest BCUT2D eigenvalue weighted by Crippen LogP contribution is 2.56. The van der Waals surface area contributed by atoms with Crippen LogP contribution in [0.2, 0.25) is 0 Å². The number of halogens is 5. The highest BCUT2D eigenvalue weighted by atomic mass is 19.4. The molecule has 2 aliphatic carbocycles. The maximum Gasteiger partial charge on any atom is 0.416 e. The average molecular weight is 472 g/mol. The molecule has 1 fully saturated rings. The molecular weight excluding hydrogens is 447 g/mol. The van der Waals surface area contributed by atoms with E-state index in [4.69, 9.17) is 0 Å². The summed E-state index contributed by atoms with van der Waals surface area (Å²) in [6, 6.07) is 11.7. The summed E-state index contributed by atoms with van der Waals surface area (Å²) in [5, 5.41) is 11.2. The van der Waals surface area contributed by atoms with Crippen molar-refractivity contribution in [2.75, 3.05) is 0 Å². The fraction of sp³-hybridized carbons (Fsp3) is 0.357. The molecule has 1 nitrogen and oxygen atoms in total. The molecule has 0 radical (unpaired) electrons. The first-order valence-electron chi connectivity index (χ1n) is 11.5. The van der Waals surface area contributed by atoms with Gasteiger partial charge in [-0.3, -0.25) is 0 Å². The summed E-state index contributed by atoms with van der Waals surface area (Å²) in [4.78, 5) is 0. The number of hydrogen-bond donors (Lipinski definition) is 1. The number of aliphatic hydroxyl groups excluding tert-OH is 1. The number of aliphatic hydroxyl groups is 1. The molecule has 0 saturated heterocycles. The summed E-state index contributed by atoms with van der Waals surface area (Å²) in [6.45, 7) is 1.79. The largest absolute Gasteiger partial charge is 0.416 e. The van der Waals surface area contributed by atoms with Crippen LogP contribution in [0.15, 0.2) is 54.6 Å². The molecule has 5 rings (SSSR count). The van der Waals surface area contributed by atoms with Gasteiger partial charge in [0.05, 0.1) is 11.7 Å². The van der Waals surface area contributed by atoms with Crippen LogP contribution in [-0.4, -0.2) is 5.11 Å². The second kappa shape index (κ2) is 8.19. The highest BCUT2D eigenvalue weighted by molar-refractivity contribution is 5.76. The topological polar surface area (TPSA) is 20.2 Å². The quantitative estimate of drug-likeness (QED) is 0.383. The van der Waals surface area contributed by atoms with Crippen LogP contribution in [0.1, 0.15) is 71.3 Å². The van der Waals surface area contributed by atoms with Crippen molar-refractivity contribution < 1.29 is 27.1 Å². The number of rotatable bonds is 3. The number of fused-ring (bicyclic) bond motifs is 1. The van der Waals surface area contributed by atoms with E-state index in [1.807, 2.05) is 6.07 Å². The standard InChI is InChI=1S/C28H25F5O/c1-16-13-19-14-27(11-2-12-27)15-22(34)24(19)25(17-5-9-21(29)10-6-17)23(16)26(30)18-3-7-20(8-4-18)28(31,32)33/h3-10,13,22,26,34H,2,11-12,14-15H2,1H3/t22-,26-/m0/s1. The van der Waals surface area contributed by atoms with Crippen molar-refractivity contribution in [2.24, 2.45) is 5.41 Å². The Labute approximate surface area is 195 Å². The van der Waals surface area contributed by atoms with E-state index >= 15 is 4.39 Å². The van der Waals surface area contributed by atoms with Crippen LogP contribution in [0.3, 0.4) is 0 Å². The van der Waals surface area contributed by atoms with Gasteiger partial charge in [0.15, 0.2) is 6.17 Å². The van der Waals surface area contributed by atoms with Crippen molar-refractivity contribution in [1.29, 1.82) is 0 Å². The van der Waals surface area contributed by atoms with Gasteiger partial charge in [-0.15, -0.1) is 0 Å². The molecule has 2 atom stereocenters. The van der Waals surface area contributed by atoms with E-state index in [-0.39, 0.29) is 11.0 Å². The molecule has 0 bridgehead atoms. The third-order valence-electron chi connectivity index (χ3n) is 7.56. The molecule has 34 heavy (non-hydrogen) atoms. The number of hydrogen-bond acceptors (Lipinski definition) is 1. The van der Waals surface area contributed by atoms with Crippen molar-refractivity contribution in [2.45, 2.75) is 57.5 Å². The van der Waals surface area contributed by atoms with E-state index in [9.17, 15) is 22.7 Å². The molecule has 0 aliphatic heterocycles. The van der Waals surface area contributed by atoms with Crippen LogP contribution in [0, 0.1) is 18.2 Å². The Morgan fingerprint density at radius 2 is 1.65 bits per heavy atom. The molecule has 6 heteroatoms. The summed E-state index contributed by atoms with van der Waals surface area (Å²) < 4.78 is 68.8. The van der Waals surface area contributed by atoms with Crippen LogP contribution >= 0.6 is 0 Å². The number of alkyl halides is 4. The predicted octanol–water partition coefficient (Wildman–Crippen LogP) is 8.03. The fourth-order valence-electron chi connectivity index (χ4n) is 5.75. The van der Waals surface area contributed by atoms with E-state index in [1.165, 1.54) is 12.1 Å². The molecular formula is C28H25F5O. The SMILES string of the molecule is Cc1cc2c(c(-c3ccc(F)cc3)c1[C@@H](F)c1ccc(C(F)(F)F)cc1)[C@@H](O)CC1(CCC1)C2. The summed E-state index contributed by atoms with van der Waals surface area (Å²) in [7, 11) is 0. The minimum absolute atomic E-state index is 0.0724. The van der Waals surface area contributed by atoms with Gasteiger partial charge in [-0.2, -0.15) is 13.2 Å². The molecule has 1 N–H and O–H groups in total. The van der Waals surface area contributed by atoms with Gasteiger partial charge in [0.25, 0.3) is 0 Å². The van der Waals surface area contributed by atoms with Gasteiger partial charge in [-0.1, -0.05) is 36.8 Å². The van der Waals surface area contributed by atoms with Gasteiger partial charge in [0, 0.05) is 5.56 Å². The molecule has 1 saturated carbocycles. The molecule has 3 aromatic rings. The Morgan fingerprint density at radius 1 is 1.00 bits per heavy atom. The Bertz CT molecular complexity index is 1210. The van der Waals surface area contributed by atoms with Crippen molar-refractivity contribution in [3.63, 3.8) is 0 Å². The molecule has 2 aliphatic rings. The lowest BCUT2D eigenvalue weighted by atomic mass is 9.58. The third kappa shape index (κ3) is 3.92. The summed E-state index contributed by atoms with van der Waals surface area (Å²) >= 11 is 0. The first-order valence-corrected chi connectivity index (χ1v) is 11.5. The van der Waals surface area contributed by atoms with Gasteiger partial charge < -0.3 is 5.11 Å². The molecule has 178 valence electrons. The van der Waals surface area contributed by atoms with Gasteiger partial charge in [0.1, 0.15) is 5.82 Å². The van der Waals surface area contributed by atoms with Crippen LogP contribution in [0.4, 0.5) is 22.0 Å². The molecule has 0 unspecified atom stereocenters. The summed E-state index contributed by atoms with van der Waals surface area (Å²) in [6.07, 6.45) is -2.39. The van der Waals surface area contributed by atoms with E-state index in [2.05, 4.69) is 0 Å². The maximum absolute atomic E-state index is 16.1. The minimum Gasteiger partial charge on any atom is -0.388 e. The van der Waals surface area contributed by atoms with Crippen LogP contribution in [-0.2, 0) is 12.6 Å².